The number of aryl methyl sites for hydroxylation is 1. The van der Waals surface area contributed by atoms with Gasteiger partial charge in [-0.05, 0) is 37.1 Å². The lowest BCUT2D eigenvalue weighted by atomic mass is 10.2. The average molecular weight is 422 g/mol. The maximum atomic E-state index is 12.3. The summed E-state index contributed by atoms with van der Waals surface area (Å²) >= 11 is 3.32. The Morgan fingerprint density at radius 3 is 2.65 bits per heavy atom. The fourth-order valence-corrected chi connectivity index (χ4v) is 3.10. The van der Waals surface area contributed by atoms with E-state index in [1.54, 1.807) is 16.7 Å². The Labute approximate surface area is 158 Å². The van der Waals surface area contributed by atoms with Crippen LogP contribution in [0.4, 0.5) is 5.69 Å². The zero-order chi connectivity index (χ0) is 18.5. The number of amides is 2. The molecule has 0 spiro atoms. The first-order valence-corrected chi connectivity index (χ1v) is 9.31. The lowest BCUT2D eigenvalue weighted by Gasteiger charge is -2.07. The number of hydrogen-bond acceptors (Lipinski definition) is 4. The summed E-state index contributed by atoms with van der Waals surface area (Å²) in [5.74, 6) is -0.0340. The molecule has 1 aliphatic rings. The highest BCUT2D eigenvalue weighted by molar-refractivity contribution is 9.10. The number of halogens is 1. The monoisotopic (exact) mass is 421 g/mol. The van der Waals surface area contributed by atoms with E-state index in [0.29, 0.717) is 12.2 Å². The minimum absolute atomic E-state index is 0.169. The third-order valence-electron chi connectivity index (χ3n) is 4.15. The van der Waals surface area contributed by atoms with Gasteiger partial charge in [-0.3, -0.25) is 14.2 Å². The van der Waals surface area contributed by atoms with E-state index >= 15 is 0 Å². The number of nitrogens with zero attached hydrogens (tertiary/aromatic N) is 3. The second-order valence-corrected chi connectivity index (χ2v) is 7.07. The van der Waals surface area contributed by atoms with Crippen LogP contribution < -0.4 is 16.3 Å². The van der Waals surface area contributed by atoms with Gasteiger partial charge in [0.1, 0.15) is 12.4 Å². The number of aromatic nitrogens is 3. The van der Waals surface area contributed by atoms with Gasteiger partial charge in [-0.25, -0.2) is 9.48 Å². The van der Waals surface area contributed by atoms with Gasteiger partial charge >= 0.3 is 5.69 Å². The minimum atomic E-state index is -0.425. The van der Waals surface area contributed by atoms with Crippen molar-refractivity contribution in [2.45, 2.75) is 38.8 Å². The molecule has 0 atom stereocenters. The first kappa shape index (κ1) is 18.4. The van der Waals surface area contributed by atoms with Crippen LogP contribution in [0.15, 0.2) is 33.5 Å². The van der Waals surface area contributed by atoms with Crippen molar-refractivity contribution in [3.05, 3.63) is 45.0 Å². The van der Waals surface area contributed by atoms with Crippen molar-refractivity contribution in [3.8, 4) is 0 Å². The van der Waals surface area contributed by atoms with Gasteiger partial charge < -0.3 is 10.6 Å². The van der Waals surface area contributed by atoms with Crippen molar-refractivity contribution in [3.63, 3.8) is 0 Å². The van der Waals surface area contributed by atoms with Crippen molar-refractivity contribution in [2.24, 2.45) is 0 Å². The Bertz CT molecular complexity index is 856. The number of fused-ring (bicyclic) bond motifs is 1. The van der Waals surface area contributed by atoms with Crippen LogP contribution in [0.3, 0.4) is 0 Å². The predicted octanol–water partition coefficient (Wildman–Crippen LogP) is 1.29. The molecule has 0 saturated carbocycles. The molecule has 0 unspecified atom stereocenters. The van der Waals surface area contributed by atoms with Crippen LogP contribution >= 0.6 is 15.9 Å². The molecule has 2 aromatic rings. The van der Waals surface area contributed by atoms with Crippen LogP contribution in [0, 0.1) is 0 Å². The number of carbonyl (C=O) groups is 2. The summed E-state index contributed by atoms with van der Waals surface area (Å²) in [5, 5.41) is 9.45. The van der Waals surface area contributed by atoms with Crippen molar-refractivity contribution < 1.29 is 9.59 Å². The zero-order valence-corrected chi connectivity index (χ0v) is 15.8. The lowest BCUT2D eigenvalue weighted by Crippen LogP contribution is -2.37. The zero-order valence-electron chi connectivity index (χ0n) is 14.2. The number of nitrogens with one attached hydrogen (secondary N) is 2. The molecule has 2 N–H and O–H groups in total. The maximum absolute atomic E-state index is 12.3. The Kier molecular flexibility index (Phi) is 5.87. The summed E-state index contributed by atoms with van der Waals surface area (Å²) in [4.78, 5) is 36.2. The number of anilines is 1. The van der Waals surface area contributed by atoms with Crippen LogP contribution in [0.25, 0.3) is 0 Å². The van der Waals surface area contributed by atoms with Gasteiger partial charge in [0.15, 0.2) is 0 Å². The predicted molar refractivity (Wildman–Crippen MR) is 99.8 cm³/mol. The van der Waals surface area contributed by atoms with E-state index in [4.69, 9.17) is 0 Å². The molecule has 1 aromatic carbocycles. The van der Waals surface area contributed by atoms with Crippen molar-refractivity contribution in [1.82, 2.24) is 19.7 Å². The Balaban J connectivity index is 1.52. The van der Waals surface area contributed by atoms with E-state index < -0.39 is 5.91 Å². The Hall–Kier alpha value is -2.42. The molecule has 0 radical (unpaired) electrons. The smallest absolute Gasteiger partial charge is 0.345 e. The van der Waals surface area contributed by atoms with E-state index in [1.807, 2.05) is 12.1 Å². The first-order chi connectivity index (χ1) is 12.5. The Morgan fingerprint density at radius 1 is 1.12 bits per heavy atom. The van der Waals surface area contributed by atoms with Crippen LogP contribution in [0.2, 0.25) is 0 Å². The highest BCUT2D eigenvalue weighted by Crippen LogP contribution is 2.13. The molecule has 1 aromatic heterocycles. The van der Waals surface area contributed by atoms with E-state index in [9.17, 15) is 14.4 Å². The number of rotatable bonds is 5. The fourth-order valence-electron chi connectivity index (χ4n) is 2.84. The molecule has 2 heterocycles. The van der Waals surface area contributed by atoms with Gasteiger partial charge in [-0.1, -0.05) is 22.4 Å². The largest absolute Gasteiger partial charge is 0.346 e. The minimum Gasteiger partial charge on any atom is -0.345 e. The molecule has 138 valence electrons. The van der Waals surface area contributed by atoms with Gasteiger partial charge in [0, 0.05) is 23.1 Å². The second kappa shape index (κ2) is 8.31. The van der Waals surface area contributed by atoms with E-state index in [1.165, 1.54) is 4.68 Å². The quantitative estimate of drug-likeness (QED) is 0.759. The molecular weight excluding hydrogens is 402 g/mol. The van der Waals surface area contributed by atoms with E-state index in [2.05, 4.69) is 31.7 Å². The topological polar surface area (TPSA) is 98.0 Å². The molecule has 26 heavy (non-hydrogen) atoms. The van der Waals surface area contributed by atoms with Crippen LogP contribution in [-0.4, -0.2) is 32.7 Å². The molecule has 3 rings (SSSR count). The highest BCUT2D eigenvalue weighted by atomic mass is 79.9. The first-order valence-electron chi connectivity index (χ1n) is 8.51. The van der Waals surface area contributed by atoms with Crippen molar-refractivity contribution in [1.29, 1.82) is 0 Å². The summed E-state index contributed by atoms with van der Waals surface area (Å²) in [6, 6.07) is 7.12. The SMILES string of the molecule is O=C(Cn1nc2n(c1=O)CCCCC2)NCC(=O)Nc1ccc(Br)cc1. The van der Waals surface area contributed by atoms with Crippen molar-refractivity contribution in [2.75, 3.05) is 11.9 Å². The maximum Gasteiger partial charge on any atom is 0.346 e. The van der Waals surface area contributed by atoms with Gasteiger partial charge in [-0.15, -0.1) is 0 Å². The summed E-state index contributed by atoms with van der Waals surface area (Å²) in [6.07, 6.45) is 3.77. The van der Waals surface area contributed by atoms with Crippen LogP contribution in [0.5, 0.6) is 0 Å². The van der Waals surface area contributed by atoms with E-state index in [0.717, 1.165) is 36.0 Å². The molecule has 0 aliphatic carbocycles. The molecule has 1 aliphatic heterocycles. The van der Waals surface area contributed by atoms with E-state index in [-0.39, 0.29) is 24.7 Å². The van der Waals surface area contributed by atoms with Crippen LogP contribution in [0.1, 0.15) is 25.1 Å². The number of benzene rings is 1. The molecule has 0 bridgehead atoms. The average Bonchev–Trinajstić information content (AvgIpc) is 2.78. The molecule has 9 heteroatoms. The molecule has 0 saturated heterocycles. The summed E-state index contributed by atoms with van der Waals surface area (Å²) < 4.78 is 3.72. The third-order valence-corrected chi connectivity index (χ3v) is 4.68. The standard InChI is InChI=1S/C17H20BrN5O3/c18-12-5-7-13(8-6-12)20-15(24)10-19-16(25)11-23-17(26)22-9-3-1-2-4-14(22)21-23/h5-8H,1-4,9-11H2,(H,19,25)(H,20,24). The summed E-state index contributed by atoms with van der Waals surface area (Å²) in [7, 11) is 0. The van der Waals surface area contributed by atoms with Gasteiger partial charge in [0.25, 0.3) is 0 Å². The highest BCUT2D eigenvalue weighted by Gasteiger charge is 2.17. The van der Waals surface area contributed by atoms with Crippen molar-refractivity contribution >= 4 is 33.4 Å². The van der Waals surface area contributed by atoms with Gasteiger partial charge in [0.05, 0.1) is 6.54 Å². The molecule has 2 amide bonds. The summed E-state index contributed by atoms with van der Waals surface area (Å²) in [5.41, 5.74) is 0.373. The Morgan fingerprint density at radius 2 is 1.88 bits per heavy atom. The lowest BCUT2D eigenvalue weighted by molar-refractivity contribution is -0.124. The van der Waals surface area contributed by atoms with Crippen LogP contribution in [-0.2, 0) is 29.1 Å². The summed E-state index contributed by atoms with van der Waals surface area (Å²) in [6.45, 7) is 0.285. The fraction of sp³-hybridized carbons (Fsp3) is 0.412. The molecule has 0 fully saturated rings. The number of hydrogen-bond donors (Lipinski definition) is 2. The second-order valence-electron chi connectivity index (χ2n) is 6.15. The third kappa shape index (κ3) is 4.60. The van der Waals surface area contributed by atoms with Gasteiger partial charge in [-0.2, -0.15) is 5.10 Å². The normalized spacial score (nSPS) is 13.6. The number of carbonyl (C=O) groups excluding carboxylic acids is 2. The molecular formula is C17H20BrN5O3. The molecule has 8 nitrogen and oxygen atoms in total. The van der Waals surface area contributed by atoms with Gasteiger partial charge in [0.2, 0.25) is 11.8 Å².